The number of hydrogen-bond donors (Lipinski definition) is 2. The lowest BCUT2D eigenvalue weighted by Gasteiger charge is -2.12. The van der Waals surface area contributed by atoms with Gasteiger partial charge in [0.25, 0.3) is 18.4 Å². The Bertz CT molecular complexity index is 1620. The number of nitrogens with zero attached hydrogens (tertiary/aromatic N) is 5. The first-order valence-corrected chi connectivity index (χ1v) is 11.5. The van der Waals surface area contributed by atoms with Gasteiger partial charge < -0.3 is 4.74 Å². The summed E-state index contributed by atoms with van der Waals surface area (Å²) in [6.07, 6.45) is -4.93. The summed E-state index contributed by atoms with van der Waals surface area (Å²) in [5.74, 6) is 0.256. The van der Waals surface area contributed by atoms with Gasteiger partial charge in [-0.2, -0.15) is 15.5 Å². The molecule has 0 atom stereocenters. The molecule has 0 spiro atoms. The van der Waals surface area contributed by atoms with Crippen molar-refractivity contribution in [2.75, 3.05) is 12.5 Å². The number of benzene rings is 2. The minimum atomic E-state index is -3.14. The lowest BCUT2D eigenvalue weighted by atomic mass is 10.1. The Labute approximate surface area is 223 Å². The van der Waals surface area contributed by atoms with Gasteiger partial charge in [-0.25, -0.2) is 28.0 Å². The number of ether oxygens (including phenoxy) is 1. The van der Waals surface area contributed by atoms with Crippen LogP contribution in [-0.4, -0.2) is 33.1 Å². The molecule has 0 saturated heterocycles. The third kappa shape index (κ3) is 5.91. The first-order chi connectivity index (χ1) is 18.7. The van der Waals surface area contributed by atoms with Gasteiger partial charge in [0.15, 0.2) is 0 Å². The van der Waals surface area contributed by atoms with Crippen LogP contribution in [0.4, 0.5) is 23.5 Å². The summed E-state index contributed by atoms with van der Waals surface area (Å²) in [6, 6.07) is 15.2. The maximum absolute atomic E-state index is 13.6. The molecule has 2 aromatic carbocycles. The van der Waals surface area contributed by atoms with E-state index in [0.717, 1.165) is 0 Å². The van der Waals surface area contributed by atoms with E-state index in [1.54, 1.807) is 36.4 Å². The number of hydrogen-bond acceptors (Lipinski definition) is 7. The van der Waals surface area contributed by atoms with Crippen LogP contribution in [0.3, 0.4) is 0 Å². The number of nitriles is 1. The zero-order valence-electron chi connectivity index (χ0n) is 20.0. The molecule has 0 aliphatic rings. The Hall–Kier alpha value is -4.70. The Kier molecular flexibility index (Phi) is 8.26. The van der Waals surface area contributed by atoms with Gasteiger partial charge in [-0.1, -0.05) is 41.9 Å². The number of aromatic nitrogens is 4. The van der Waals surface area contributed by atoms with E-state index in [4.69, 9.17) is 16.3 Å². The summed E-state index contributed by atoms with van der Waals surface area (Å²) in [5, 5.41) is 16.2. The maximum atomic E-state index is 13.6. The van der Waals surface area contributed by atoms with Crippen LogP contribution in [0.15, 0.2) is 58.4 Å². The zero-order chi connectivity index (χ0) is 28.1. The Morgan fingerprint density at radius 2 is 1.95 bits per heavy atom. The van der Waals surface area contributed by atoms with Crippen molar-refractivity contribution in [2.45, 2.75) is 19.4 Å². The molecule has 0 aliphatic carbocycles. The topological polar surface area (TPSA) is 121 Å². The fraction of sp³-hybridized carbons (Fsp3) is 0.160. The monoisotopic (exact) mass is 559 g/mol. The molecule has 0 bridgehead atoms. The highest BCUT2D eigenvalue weighted by Crippen LogP contribution is 2.35. The second-order valence-corrected chi connectivity index (χ2v) is 8.28. The van der Waals surface area contributed by atoms with Crippen LogP contribution >= 0.6 is 11.6 Å². The fourth-order valence-electron chi connectivity index (χ4n) is 3.71. The average molecular weight is 560 g/mol. The number of anilines is 1. The summed E-state index contributed by atoms with van der Waals surface area (Å²) >= 11 is 5.74. The van der Waals surface area contributed by atoms with Crippen LogP contribution in [-0.2, 0) is 6.54 Å². The van der Waals surface area contributed by atoms with Crippen molar-refractivity contribution >= 4 is 23.8 Å². The van der Waals surface area contributed by atoms with Crippen molar-refractivity contribution in [3.05, 3.63) is 92.0 Å². The second kappa shape index (κ2) is 11.8. The number of aromatic amines is 1. The van der Waals surface area contributed by atoms with Gasteiger partial charge in [0.2, 0.25) is 5.95 Å². The average Bonchev–Trinajstić information content (AvgIpc) is 3.25. The van der Waals surface area contributed by atoms with Crippen molar-refractivity contribution < 1.29 is 22.3 Å². The highest BCUT2D eigenvalue weighted by Gasteiger charge is 2.28. The summed E-state index contributed by atoms with van der Waals surface area (Å²) in [6.45, 7) is -0.338. The minimum absolute atomic E-state index is 0.0323. The van der Waals surface area contributed by atoms with E-state index in [0.29, 0.717) is 21.4 Å². The van der Waals surface area contributed by atoms with Gasteiger partial charge in [0.1, 0.15) is 28.8 Å². The summed E-state index contributed by atoms with van der Waals surface area (Å²) in [4.78, 5) is 19.1. The van der Waals surface area contributed by atoms with Crippen LogP contribution < -0.4 is 15.7 Å². The largest absolute Gasteiger partial charge is 0.496 e. The Morgan fingerprint density at radius 3 is 2.59 bits per heavy atom. The molecular formula is C25H18ClF4N7O2. The molecule has 2 heterocycles. The molecule has 0 radical (unpaired) electrons. The van der Waals surface area contributed by atoms with E-state index in [9.17, 15) is 27.6 Å². The number of alkyl halides is 4. The molecule has 14 heteroatoms. The van der Waals surface area contributed by atoms with Crippen molar-refractivity contribution in [3.8, 4) is 23.1 Å². The molecule has 200 valence electrons. The first-order valence-electron chi connectivity index (χ1n) is 11.1. The predicted octanol–water partition coefficient (Wildman–Crippen LogP) is 5.54. The normalized spacial score (nSPS) is 11.4. The first kappa shape index (κ1) is 27.3. The number of H-pyrrole nitrogens is 1. The van der Waals surface area contributed by atoms with Crippen LogP contribution in [0.5, 0.6) is 5.75 Å². The third-order valence-corrected chi connectivity index (χ3v) is 5.84. The predicted molar refractivity (Wildman–Crippen MR) is 135 cm³/mol. The maximum Gasteiger partial charge on any atom is 0.283 e. The van der Waals surface area contributed by atoms with Gasteiger partial charge in [0, 0.05) is 11.1 Å². The summed E-state index contributed by atoms with van der Waals surface area (Å²) in [5.41, 5.74) is 1.52. The van der Waals surface area contributed by atoms with E-state index >= 15 is 0 Å². The molecule has 0 aliphatic heterocycles. The molecule has 4 rings (SSSR count). The molecule has 0 saturated carbocycles. The van der Waals surface area contributed by atoms with E-state index in [1.807, 2.05) is 6.07 Å². The highest BCUT2D eigenvalue weighted by molar-refractivity contribution is 6.32. The number of halogens is 5. The molecule has 0 unspecified atom stereocenters. The van der Waals surface area contributed by atoms with Gasteiger partial charge >= 0.3 is 0 Å². The molecule has 39 heavy (non-hydrogen) atoms. The number of rotatable bonds is 9. The third-order valence-electron chi connectivity index (χ3n) is 5.46. The lowest BCUT2D eigenvalue weighted by Crippen LogP contribution is -2.16. The molecule has 9 nitrogen and oxygen atoms in total. The number of nitrogens with one attached hydrogen (secondary N) is 2. The van der Waals surface area contributed by atoms with Crippen LogP contribution in [0, 0.1) is 11.3 Å². The van der Waals surface area contributed by atoms with Gasteiger partial charge in [0.05, 0.1) is 30.6 Å². The zero-order valence-corrected chi connectivity index (χ0v) is 20.8. The van der Waals surface area contributed by atoms with Crippen molar-refractivity contribution in [1.29, 1.82) is 5.26 Å². The van der Waals surface area contributed by atoms with E-state index in [2.05, 4.69) is 25.6 Å². The molecule has 2 aromatic heterocycles. The molecule has 0 amide bonds. The Morgan fingerprint density at radius 1 is 1.21 bits per heavy atom. The van der Waals surface area contributed by atoms with Crippen molar-refractivity contribution in [1.82, 2.24) is 19.7 Å². The molecule has 2 N–H and O–H groups in total. The fourth-order valence-corrected chi connectivity index (χ4v) is 4.01. The van der Waals surface area contributed by atoms with Crippen molar-refractivity contribution in [3.63, 3.8) is 0 Å². The van der Waals surface area contributed by atoms with Crippen LogP contribution in [0.25, 0.3) is 11.3 Å². The number of hydrazone groups is 1. The van der Waals surface area contributed by atoms with Crippen LogP contribution in [0.2, 0.25) is 5.02 Å². The van der Waals surface area contributed by atoms with Gasteiger partial charge in [-0.3, -0.25) is 14.5 Å². The lowest BCUT2D eigenvalue weighted by molar-refractivity contribution is 0.139. The minimum Gasteiger partial charge on any atom is -0.496 e. The summed E-state index contributed by atoms with van der Waals surface area (Å²) < 4.78 is 59.5. The van der Waals surface area contributed by atoms with Gasteiger partial charge in [-0.15, -0.1) is 0 Å². The summed E-state index contributed by atoms with van der Waals surface area (Å²) in [7, 11) is 1.36. The SMILES string of the molecule is COc1ccc(C=NNc2nc(-c3ccccc3)c(C#N)c(=O)[nH]2)cc1Cn1nc(C(F)F)c(Cl)c1C(F)F. The molecular weight excluding hydrogens is 542 g/mol. The highest BCUT2D eigenvalue weighted by atomic mass is 35.5. The van der Waals surface area contributed by atoms with Crippen molar-refractivity contribution in [2.24, 2.45) is 5.10 Å². The van der Waals surface area contributed by atoms with E-state index in [-0.39, 0.29) is 29.5 Å². The Balaban J connectivity index is 1.61. The van der Waals surface area contributed by atoms with Gasteiger partial charge in [-0.05, 0) is 23.8 Å². The standard InChI is InChI=1S/C25H18ClF4N7O2/c1-39-17-8-7-13(9-15(17)12-37-21(23(29)30)18(26)20(36-37)22(27)28)11-32-35-25-33-19(14-5-3-2-4-6-14)16(10-31)24(38)34-25/h2-9,11,22-23H,12H2,1H3,(H2,33,34,35,38). The second-order valence-electron chi connectivity index (χ2n) is 7.90. The smallest absolute Gasteiger partial charge is 0.283 e. The van der Waals surface area contributed by atoms with Crippen LogP contribution in [0.1, 0.15) is 40.9 Å². The molecule has 0 fully saturated rings. The quantitative estimate of drug-likeness (QED) is 0.158. The van der Waals surface area contributed by atoms with E-state index in [1.165, 1.54) is 25.5 Å². The van der Waals surface area contributed by atoms with E-state index < -0.39 is 34.8 Å². The molecule has 4 aromatic rings. The number of methoxy groups -OCH3 is 1.